The van der Waals surface area contributed by atoms with Crippen LogP contribution in [0.2, 0.25) is 0 Å². The highest BCUT2D eigenvalue weighted by Gasteiger charge is 2.54. The van der Waals surface area contributed by atoms with Crippen LogP contribution in [0.25, 0.3) is 0 Å². The maximum Gasteiger partial charge on any atom is 0.469 e. The second-order valence-electron chi connectivity index (χ2n) is 3.99. The van der Waals surface area contributed by atoms with Gasteiger partial charge in [-0.15, -0.1) is 0 Å². The zero-order valence-electron chi connectivity index (χ0n) is 9.71. The molecule has 0 saturated carbocycles. The van der Waals surface area contributed by atoms with Crippen LogP contribution in [-0.4, -0.2) is 72.2 Å². The van der Waals surface area contributed by atoms with Gasteiger partial charge in [-0.25, -0.2) is 9.13 Å². The number of aliphatic hydroxyl groups excluding tert-OH is 2. The van der Waals surface area contributed by atoms with E-state index >= 15 is 0 Å². The van der Waals surface area contributed by atoms with Crippen LogP contribution in [-0.2, 0) is 22.9 Å². The third-order valence-corrected chi connectivity index (χ3v) is 3.32. The van der Waals surface area contributed by atoms with Gasteiger partial charge in [0, 0.05) is 0 Å². The van der Waals surface area contributed by atoms with Crippen molar-refractivity contribution in [3.8, 4) is 0 Å². The molecule has 0 aromatic rings. The summed E-state index contributed by atoms with van der Waals surface area (Å²) in [6.07, 6.45) is -5.38. The molecule has 7 N–H and O–H groups in total. The van der Waals surface area contributed by atoms with Crippen LogP contribution in [0.5, 0.6) is 0 Å². The molecule has 0 amide bonds. The molecule has 3 unspecified atom stereocenters. The lowest BCUT2D eigenvalue weighted by Crippen LogP contribution is -2.46. The van der Waals surface area contributed by atoms with E-state index in [1.165, 1.54) is 0 Å². The van der Waals surface area contributed by atoms with Gasteiger partial charge in [-0.05, 0) is 0 Å². The lowest BCUT2D eigenvalue weighted by atomic mass is 10.1. The molecule has 0 aromatic heterocycles. The van der Waals surface area contributed by atoms with Crippen LogP contribution in [0.4, 0.5) is 0 Å². The maximum atomic E-state index is 10.5. The van der Waals surface area contributed by atoms with Gasteiger partial charge in [-0.1, -0.05) is 0 Å². The van der Waals surface area contributed by atoms with Crippen LogP contribution >= 0.6 is 15.6 Å². The summed E-state index contributed by atoms with van der Waals surface area (Å²) in [7, 11) is -9.82. The number of rotatable bonds is 6. The molecule has 20 heavy (non-hydrogen) atoms. The van der Waals surface area contributed by atoms with Gasteiger partial charge >= 0.3 is 15.6 Å². The lowest BCUT2D eigenvalue weighted by Gasteiger charge is -2.25. The normalized spacial score (nSPS) is 35.5. The van der Waals surface area contributed by atoms with Crippen molar-refractivity contribution in [3.05, 3.63) is 0 Å². The van der Waals surface area contributed by atoms with E-state index in [9.17, 15) is 24.4 Å². The van der Waals surface area contributed by atoms with Crippen molar-refractivity contribution >= 4 is 15.6 Å². The van der Waals surface area contributed by atoms with Gasteiger partial charge in [-0.2, -0.15) is 0 Å². The Kier molecular flexibility index (Phi) is 5.48. The molecule has 1 heterocycles. The van der Waals surface area contributed by atoms with Gasteiger partial charge < -0.3 is 39.6 Å². The van der Waals surface area contributed by atoms with Gasteiger partial charge in [0.2, 0.25) is 5.79 Å². The number of hydrogen-bond acceptors (Lipinski definition) is 8. The zero-order valence-corrected chi connectivity index (χ0v) is 11.5. The fourth-order valence-corrected chi connectivity index (χ4v) is 2.17. The molecule has 1 saturated heterocycles. The molecule has 0 radical (unpaired) electrons. The minimum atomic E-state index is -4.96. The van der Waals surface area contributed by atoms with Crippen LogP contribution < -0.4 is 0 Å². The van der Waals surface area contributed by atoms with E-state index in [-0.39, 0.29) is 0 Å². The smallest absolute Gasteiger partial charge is 0.387 e. The van der Waals surface area contributed by atoms with Crippen LogP contribution in [0, 0.1) is 0 Å². The van der Waals surface area contributed by atoms with Gasteiger partial charge in [0.15, 0.2) is 0 Å². The van der Waals surface area contributed by atoms with Crippen LogP contribution in [0.1, 0.15) is 0 Å². The molecule has 0 aromatic carbocycles. The molecule has 0 bridgehead atoms. The molecule has 1 fully saturated rings. The SMILES string of the molecule is O=P(O)(O)OCC1O[C@](O)(COP(=O)(O)O)C(O)C1O. The second-order valence-corrected chi connectivity index (χ2v) is 6.47. The minimum absolute atomic E-state index is 0.874. The molecule has 4 atom stereocenters. The fourth-order valence-electron chi connectivity index (χ4n) is 1.47. The largest absolute Gasteiger partial charge is 0.469 e. The highest BCUT2D eigenvalue weighted by Crippen LogP contribution is 2.41. The number of phosphoric acid groups is 2. The Labute approximate surface area is 112 Å². The number of ether oxygens (including phenoxy) is 1. The van der Waals surface area contributed by atoms with Crippen LogP contribution in [0.3, 0.4) is 0 Å². The summed E-state index contributed by atoms with van der Waals surface area (Å²) in [5.74, 6) is -2.66. The fraction of sp³-hybridized carbons (Fsp3) is 1.00. The molecule has 0 spiro atoms. The van der Waals surface area contributed by atoms with Gasteiger partial charge in [0.05, 0.1) is 6.61 Å². The Morgan fingerprint density at radius 2 is 1.55 bits per heavy atom. The summed E-state index contributed by atoms with van der Waals surface area (Å²) in [6, 6.07) is 0. The zero-order chi connectivity index (χ0) is 15.8. The first-order chi connectivity index (χ1) is 8.84. The summed E-state index contributed by atoms with van der Waals surface area (Å²) >= 11 is 0. The van der Waals surface area contributed by atoms with Crippen molar-refractivity contribution in [2.45, 2.75) is 24.1 Å². The predicted octanol–water partition coefficient (Wildman–Crippen LogP) is -2.99. The highest BCUT2D eigenvalue weighted by molar-refractivity contribution is 7.46. The first-order valence-corrected chi connectivity index (χ1v) is 8.07. The first kappa shape index (κ1) is 18.1. The Hall–Kier alpha value is 0.0600. The molecular formula is C6H14O12P2. The molecular weight excluding hydrogens is 326 g/mol. The Morgan fingerprint density at radius 3 is 2.00 bits per heavy atom. The lowest BCUT2D eigenvalue weighted by molar-refractivity contribution is -0.245. The topological polar surface area (TPSA) is 203 Å². The molecule has 120 valence electrons. The van der Waals surface area contributed by atoms with Crippen LogP contribution in [0.15, 0.2) is 0 Å². The second kappa shape index (κ2) is 6.05. The Morgan fingerprint density at radius 1 is 1.05 bits per heavy atom. The average molecular weight is 340 g/mol. The summed E-state index contributed by atoms with van der Waals surface area (Å²) < 4.78 is 33.6. The van der Waals surface area contributed by atoms with Crippen molar-refractivity contribution in [1.29, 1.82) is 0 Å². The van der Waals surface area contributed by atoms with E-state index in [2.05, 4.69) is 13.8 Å². The van der Waals surface area contributed by atoms with E-state index in [1.807, 2.05) is 0 Å². The maximum absolute atomic E-state index is 10.5. The summed E-state index contributed by atoms with van der Waals surface area (Å²) in [5.41, 5.74) is 0. The van der Waals surface area contributed by atoms with Gasteiger partial charge in [0.1, 0.15) is 24.9 Å². The third-order valence-electron chi connectivity index (χ3n) is 2.37. The number of aliphatic hydroxyl groups is 3. The summed E-state index contributed by atoms with van der Waals surface area (Å²) in [6.45, 7) is -2.05. The molecule has 1 aliphatic rings. The highest BCUT2D eigenvalue weighted by atomic mass is 31.2. The van der Waals surface area contributed by atoms with E-state index in [0.717, 1.165) is 0 Å². The van der Waals surface area contributed by atoms with E-state index < -0.39 is 53.0 Å². The molecule has 1 rings (SSSR count). The summed E-state index contributed by atoms with van der Waals surface area (Å²) in [4.78, 5) is 33.9. The number of hydrogen-bond donors (Lipinski definition) is 7. The number of phosphoric ester groups is 2. The summed E-state index contributed by atoms with van der Waals surface area (Å²) in [5, 5.41) is 28.8. The minimum Gasteiger partial charge on any atom is -0.387 e. The van der Waals surface area contributed by atoms with Crippen molar-refractivity contribution < 1.29 is 57.8 Å². The quantitative estimate of drug-likeness (QED) is 0.242. The van der Waals surface area contributed by atoms with E-state index in [0.29, 0.717) is 0 Å². The monoisotopic (exact) mass is 340 g/mol. The molecule has 1 aliphatic heterocycles. The van der Waals surface area contributed by atoms with Gasteiger partial charge in [0.25, 0.3) is 0 Å². The standard InChI is InChI=1S/C6H14O12P2/c7-4-3(1-16-19(10,11)12)18-6(9,5(4)8)2-17-20(13,14)15/h3-5,7-9H,1-2H2,(H2,10,11,12)(H2,13,14,15)/t3?,4?,5?,6-/m1/s1. The predicted molar refractivity (Wildman–Crippen MR) is 57.8 cm³/mol. The molecule has 12 nitrogen and oxygen atoms in total. The van der Waals surface area contributed by atoms with Crippen molar-refractivity contribution in [1.82, 2.24) is 0 Å². The van der Waals surface area contributed by atoms with Crippen molar-refractivity contribution in [2.24, 2.45) is 0 Å². The Balaban J connectivity index is 2.67. The van der Waals surface area contributed by atoms with Gasteiger partial charge in [-0.3, -0.25) is 9.05 Å². The van der Waals surface area contributed by atoms with E-state index in [4.69, 9.17) is 19.6 Å². The Bertz CT molecular complexity index is 428. The third kappa shape index (κ3) is 5.11. The average Bonchev–Trinajstić information content (AvgIpc) is 2.48. The first-order valence-electron chi connectivity index (χ1n) is 5.00. The van der Waals surface area contributed by atoms with Crippen molar-refractivity contribution in [3.63, 3.8) is 0 Å². The van der Waals surface area contributed by atoms with Crippen molar-refractivity contribution in [2.75, 3.05) is 13.2 Å². The molecule has 0 aliphatic carbocycles. The van der Waals surface area contributed by atoms with E-state index in [1.54, 1.807) is 0 Å². The molecule has 14 heteroatoms.